The molecule has 1 saturated heterocycles. The van der Waals surface area contributed by atoms with Crippen molar-refractivity contribution in [2.24, 2.45) is 5.41 Å². The number of hydrogen-bond acceptors (Lipinski definition) is 3. The third-order valence-electron chi connectivity index (χ3n) is 5.25. The van der Waals surface area contributed by atoms with Gasteiger partial charge in [-0.05, 0) is 45.2 Å². The van der Waals surface area contributed by atoms with Gasteiger partial charge in [-0.25, -0.2) is 0 Å². The lowest BCUT2D eigenvalue weighted by atomic mass is 9.64. The van der Waals surface area contributed by atoms with E-state index in [9.17, 15) is 5.11 Å². The highest BCUT2D eigenvalue weighted by molar-refractivity contribution is 5.03. The lowest BCUT2D eigenvalue weighted by molar-refractivity contribution is -0.0778. The van der Waals surface area contributed by atoms with Crippen LogP contribution in [0.25, 0.3) is 0 Å². The maximum atomic E-state index is 9.75. The Morgan fingerprint density at radius 3 is 2.24 bits per heavy atom. The summed E-state index contributed by atoms with van der Waals surface area (Å²) in [6, 6.07) is 2.13. The van der Waals surface area contributed by atoms with E-state index in [0.29, 0.717) is 12.1 Å². The molecular formula is C14H26N2O. The van der Waals surface area contributed by atoms with Crippen LogP contribution < -0.4 is 5.32 Å². The Morgan fingerprint density at radius 2 is 1.76 bits per heavy atom. The molecule has 2 atom stereocenters. The Morgan fingerprint density at radius 1 is 1.12 bits per heavy atom. The molecule has 2 saturated carbocycles. The van der Waals surface area contributed by atoms with Gasteiger partial charge in [0.1, 0.15) is 0 Å². The Bertz CT molecular complexity index is 280. The van der Waals surface area contributed by atoms with Gasteiger partial charge in [-0.15, -0.1) is 0 Å². The predicted molar refractivity (Wildman–Crippen MR) is 68.9 cm³/mol. The number of piperidine rings is 1. The third kappa shape index (κ3) is 2.25. The van der Waals surface area contributed by atoms with E-state index < -0.39 is 0 Å². The molecule has 98 valence electrons. The van der Waals surface area contributed by atoms with Crippen molar-refractivity contribution in [1.82, 2.24) is 10.2 Å². The lowest BCUT2D eigenvalue weighted by Gasteiger charge is -2.51. The fourth-order valence-corrected chi connectivity index (χ4v) is 3.34. The summed E-state index contributed by atoms with van der Waals surface area (Å²) in [7, 11) is 0. The average Bonchev–Trinajstić information content (AvgIpc) is 3.14. The number of likely N-dealkylation sites (tertiary alicyclic amines) is 1. The Hall–Kier alpha value is -0.120. The fraction of sp³-hybridized carbons (Fsp3) is 1.00. The molecule has 2 N–H and O–H groups in total. The molecule has 0 aromatic heterocycles. The van der Waals surface area contributed by atoms with Gasteiger partial charge in [0.25, 0.3) is 0 Å². The molecule has 3 heteroatoms. The van der Waals surface area contributed by atoms with E-state index >= 15 is 0 Å². The van der Waals surface area contributed by atoms with Crippen molar-refractivity contribution in [2.75, 3.05) is 13.1 Å². The Labute approximate surface area is 105 Å². The van der Waals surface area contributed by atoms with E-state index in [1.807, 2.05) is 0 Å². The van der Waals surface area contributed by atoms with Crippen LogP contribution in [0.3, 0.4) is 0 Å². The van der Waals surface area contributed by atoms with Crippen LogP contribution in [0, 0.1) is 5.41 Å². The van der Waals surface area contributed by atoms with Crippen molar-refractivity contribution in [3.8, 4) is 0 Å². The monoisotopic (exact) mass is 238 g/mol. The van der Waals surface area contributed by atoms with Crippen LogP contribution in [-0.2, 0) is 0 Å². The van der Waals surface area contributed by atoms with Crippen molar-refractivity contribution in [1.29, 1.82) is 0 Å². The zero-order chi connectivity index (χ0) is 12.0. The van der Waals surface area contributed by atoms with Crippen LogP contribution in [0.5, 0.6) is 0 Å². The highest BCUT2D eigenvalue weighted by Crippen LogP contribution is 2.41. The number of nitrogens with zero attached hydrogens (tertiary/aromatic N) is 1. The number of rotatable bonds is 3. The SMILES string of the molecule is CC1(C)C(O)CC1NC1CCN(C2CC2)CC1. The van der Waals surface area contributed by atoms with Crippen LogP contribution in [0.1, 0.15) is 46.0 Å². The molecule has 1 heterocycles. The predicted octanol–water partition coefficient (Wildman–Crippen LogP) is 1.36. The molecule has 3 aliphatic rings. The van der Waals surface area contributed by atoms with Gasteiger partial charge >= 0.3 is 0 Å². The molecule has 0 aromatic rings. The summed E-state index contributed by atoms with van der Waals surface area (Å²) < 4.78 is 0. The zero-order valence-electron chi connectivity index (χ0n) is 11.2. The van der Waals surface area contributed by atoms with E-state index in [1.165, 1.54) is 38.8 Å². The molecule has 3 rings (SSSR count). The summed E-state index contributed by atoms with van der Waals surface area (Å²) in [4.78, 5) is 2.67. The van der Waals surface area contributed by atoms with E-state index in [0.717, 1.165) is 12.5 Å². The number of aliphatic hydroxyl groups is 1. The molecule has 0 radical (unpaired) electrons. The van der Waals surface area contributed by atoms with Gasteiger partial charge in [-0.1, -0.05) is 13.8 Å². The zero-order valence-corrected chi connectivity index (χ0v) is 11.2. The Balaban J connectivity index is 1.45. The molecule has 0 bridgehead atoms. The molecule has 3 nitrogen and oxygen atoms in total. The first kappa shape index (κ1) is 11.9. The molecule has 0 amide bonds. The average molecular weight is 238 g/mol. The maximum Gasteiger partial charge on any atom is 0.0621 e. The summed E-state index contributed by atoms with van der Waals surface area (Å²) >= 11 is 0. The first-order valence-electron chi connectivity index (χ1n) is 7.25. The smallest absolute Gasteiger partial charge is 0.0621 e. The second-order valence-electron chi connectivity index (χ2n) is 6.83. The molecule has 0 spiro atoms. The van der Waals surface area contributed by atoms with Crippen LogP contribution in [0.2, 0.25) is 0 Å². The number of nitrogens with one attached hydrogen (secondary N) is 1. The molecular weight excluding hydrogens is 212 g/mol. The van der Waals surface area contributed by atoms with Gasteiger partial charge in [-0.2, -0.15) is 0 Å². The summed E-state index contributed by atoms with van der Waals surface area (Å²) in [5.74, 6) is 0. The number of hydrogen-bond donors (Lipinski definition) is 2. The van der Waals surface area contributed by atoms with Crippen molar-refractivity contribution in [3.05, 3.63) is 0 Å². The molecule has 0 aromatic carbocycles. The first-order valence-corrected chi connectivity index (χ1v) is 7.25. The summed E-state index contributed by atoms with van der Waals surface area (Å²) in [5, 5.41) is 13.5. The van der Waals surface area contributed by atoms with Crippen LogP contribution >= 0.6 is 0 Å². The van der Waals surface area contributed by atoms with Crippen molar-refractivity contribution < 1.29 is 5.11 Å². The summed E-state index contributed by atoms with van der Waals surface area (Å²) in [5.41, 5.74) is 0.0770. The molecule has 17 heavy (non-hydrogen) atoms. The van der Waals surface area contributed by atoms with Crippen molar-refractivity contribution in [2.45, 2.75) is 70.2 Å². The van der Waals surface area contributed by atoms with Gasteiger partial charge in [0.15, 0.2) is 0 Å². The van der Waals surface area contributed by atoms with Gasteiger partial charge < -0.3 is 15.3 Å². The highest BCUT2D eigenvalue weighted by Gasteiger charge is 2.47. The molecule has 2 aliphatic carbocycles. The van der Waals surface area contributed by atoms with Gasteiger partial charge in [0.05, 0.1) is 6.10 Å². The summed E-state index contributed by atoms with van der Waals surface area (Å²) in [6.45, 7) is 6.91. The maximum absolute atomic E-state index is 9.75. The highest BCUT2D eigenvalue weighted by atomic mass is 16.3. The Kier molecular flexibility index (Phi) is 2.96. The second-order valence-corrected chi connectivity index (χ2v) is 6.83. The standard InChI is InChI=1S/C14H26N2O/c1-14(2)12(9-13(14)17)15-10-5-7-16(8-6-10)11-3-4-11/h10-13,15,17H,3-9H2,1-2H3. The van der Waals surface area contributed by atoms with Crippen molar-refractivity contribution >= 4 is 0 Å². The van der Waals surface area contributed by atoms with E-state index in [1.54, 1.807) is 0 Å². The van der Waals surface area contributed by atoms with E-state index in [4.69, 9.17) is 0 Å². The van der Waals surface area contributed by atoms with Crippen LogP contribution in [0.15, 0.2) is 0 Å². The van der Waals surface area contributed by atoms with E-state index in [-0.39, 0.29) is 11.5 Å². The molecule has 3 fully saturated rings. The van der Waals surface area contributed by atoms with Crippen LogP contribution in [-0.4, -0.2) is 47.3 Å². The minimum atomic E-state index is -0.105. The van der Waals surface area contributed by atoms with Gasteiger partial charge in [0.2, 0.25) is 0 Å². The quantitative estimate of drug-likeness (QED) is 0.779. The minimum Gasteiger partial charge on any atom is -0.392 e. The second kappa shape index (κ2) is 4.22. The number of aliphatic hydroxyl groups excluding tert-OH is 1. The van der Waals surface area contributed by atoms with Gasteiger partial charge in [0, 0.05) is 23.5 Å². The largest absolute Gasteiger partial charge is 0.392 e. The molecule has 2 unspecified atom stereocenters. The van der Waals surface area contributed by atoms with E-state index in [2.05, 4.69) is 24.1 Å². The van der Waals surface area contributed by atoms with Crippen molar-refractivity contribution in [3.63, 3.8) is 0 Å². The lowest BCUT2D eigenvalue weighted by Crippen LogP contribution is -2.62. The third-order valence-corrected chi connectivity index (χ3v) is 5.25. The normalized spacial score (nSPS) is 39.0. The molecule has 1 aliphatic heterocycles. The van der Waals surface area contributed by atoms with Crippen LogP contribution in [0.4, 0.5) is 0 Å². The van der Waals surface area contributed by atoms with Gasteiger partial charge in [-0.3, -0.25) is 0 Å². The fourth-order valence-electron chi connectivity index (χ4n) is 3.34. The first-order chi connectivity index (χ1) is 8.07. The minimum absolute atomic E-state index is 0.0770. The topological polar surface area (TPSA) is 35.5 Å². The summed E-state index contributed by atoms with van der Waals surface area (Å²) in [6.07, 6.45) is 6.28.